The lowest BCUT2D eigenvalue weighted by Crippen LogP contribution is -2.35. The number of allylic oxidation sites excluding steroid dienone is 1. The van der Waals surface area contributed by atoms with Crippen LogP contribution in [0.1, 0.15) is 13.3 Å². The second-order valence-corrected chi connectivity index (χ2v) is 5.85. The number of rotatable bonds is 8. The first-order valence-corrected chi connectivity index (χ1v) is 7.93. The van der Waals surface area contributed by atoms with E-state index in [0.717, 1.165) is 6.08 Å². The van der Waals surface area contributed by atoms with E-state index in [1.54, 1.807) is 6.08 Å². The summed E-state index contributed by atoms with van der Waals surface area (Å²) in [4.78, 5) is 35.4. The summed E-state index contributed by atoms with van der Waals surface area (Å²) in [5, 5.41) is 0. The summed E-state index contributed by atoms with van der Waals surface area (Å²) in [5.74, 6) is -2.63. The summed E-state index contributed by atoms with van der Waals surface area (Å²) in [5.41, 5.74) is 0. The molecule has 0 radical (unpaired) electrons. The van der Waals surface area contributed by atoms with Gasteiger partial charge in [-0.3, -0.25) is 9.59 Å². The van der Waals surface area contributed by atoms with Crippen LogP contribution in [-0.4, -0.2) is 50.4 Å². The average molecular weight is 338 g/mol. The SMILES string of the molecule is C=CC(=O)OCCOC(=O)C1CC(C)C=CC1C(=O)OCC1CO1. The third-order valence-corrected chi connectivity index (χ3v) is 3.83. The zero-order valence-electron chi connectivity index (χ0n) is 13.6. The van der Waals surface area contributed by atoms with E-state index in [4.69, 9.17) is 18.9 Å². The molecule has 1 aliphatic heterocycles. The number of epoxide rings is 1. The largest absolute Gasteiger partial charge is 0.462 e. The molecular formula is C17H22O7. The standard InChI is InChI=1S/C17H22O7/c1-3-15(18)21-6-7-22-17(20)14-8-11(2)4-5-13(14)16(19)24-10-12-9-23-12/h3-5,11-14H,1,6-10H2,2H3. The maximum Gasteiger partial charge on any atom is 0.330 e. The summed E-state index contributed by atoms with van der Waals surface area (Å²) < 4.78 is 20.1. The molecule has 4 unspecified atom stereocenters. The minimum Gasteiger partial charge on any atom is -0.462 e. The molecule has 0 saturated carbocycles. The predicted molar refractivity (Wildman–Crippen MR) is 82.7 cm³/mol. The molecule has 24 heavy (non-hydrogen) atoms. The van der Waals surface area contributed by atoms with Gasteiger partial charge in [0.1, 0.15) is 25.9 Å². The molecule has 1 fully saturated rings. The molecule has 7 nitrogen and oxygen atoms in total. The molecule has 132 valence electrons. The Hall–Kier alpha value is -2.15. The molecule has 4 atom stereocenters. The van der Waals surface area contributed by atoms with Crippen LogP contribution in [0, 0.1) is 17.8 Å². The van der Waals surface area contributed by atoms with Gasteiger partial charge in [0, 0.05) is 6.08 Å². The van der Waals surface area contributed by atoms with E-state index >= 15 is 0 Å². The van der Waals surface area contributed by atoms with E-state index in [0.29, 0.717) is 13.0 Å². The van der Waals surface area contributed by atoms with Gasteiger partial charge in [0.2, 0.25) is 0 Å². The monoisotopic (exact) mass is 338 g/mol. The zero-order valence-corrected chi connectivity index (χ0v) is 13.6. The first kappa shape index (κ1) is 18.2. The molecule has 7 heteroatoms. The summed E-state index contributed by atoms with van der Waals surface area (Å²) in [6.07, 6.45) is 5.11. The van der Waals surface area contributed by atoms with E-state index in [1.165, 1.54) is 0 Å². The Morgan fingerprint density at radius 2 is 1.88 bits per heavy atom. The smallest absolute Gasteiger partial charge is 0.330 e. The highest BCUT2D eigenvalue weighted by atomic mass is 16.6. The molecule has 0 aromatic rings. The van der Waals surface area contributed by atoms with Gasteiger partial charge in [-0.25, -0.2) is 4.79 Å². The number of carbonyl (C=O) groups is 3. The number of hydrogen-bond donors (Lipinski definition) is 0. The summed E-state index contributed by atoms with van der Waals surface area (Å²) >= 11 is 0. The lowest BCUT2D eigenvalue weighted by atomic mass is 9.79. The summed E-state index contributed by atoms with van der Waals surface area (Å²) in [6, 6.07) is 0. The van der Waals surface area contributed by atoms with Crippen LogP contribution in [0.3, 0.4) is 0 Å². The van der Waals surface area contributed by atoms with Crippen molar-refractivity contribution in [1.29, 1.82) is 0 Å². The van der Waals surface area contributed by atoms with Gasteiger partial charge in [0.15, 0.2) is 0 Å². The van der Waals surface area contributed by atoms with Gasteiger partial charge >= 0.3 is 17.9 Å². The molecule has 2 rings (SSSR count). The van der Waals surface area contributed by atoms with Crippen LogP contribution in [0.2, 0.25) is 0 Å². The third-order valence-electron chi connectivity index (χ3n) is 3.83. The number of ether oxygens (including phenoxy) is 4. The number of carbonyl (C=O) groups excluding carboxylic acids is 3. The van der Waals surface area contributed by atoms with Crippen molar-refractivity contribution in [2.75, 3.05) is 26.4 Å². The average Bonchev–Trinajstić information content (AvgIpc) is 3.40. The van der Waals surface area contributed by atoms with Gasteiger partial charge in [-0.1, -0.05) is 25.7 Å². The van der Waals surface area contributed by atoms with Crippen LogP contribution in [0.15, 0.2) is 24.8 Å². The molecular weight excluding hydrogens is 316 g/mol. The quantitative estimate of drug-likeness (QED) is 0.163. The molecule has 1 aliphatic carbocycles. The van der Waals surface area contributed by atoms with E-state index in [1.807, 2.05) is 13.0 Å². The molecule has 1 heterocycles. The lowest BCUT2D eigenvalue weighted by molar-refractivity contribution is -0.161. The first-order chi connectivity index (χ1) is 11.5. The molecule has 0 amide bonds. The highest BCUT2D eigenvalue weighted by Gasteiger charge is 2.38. The third kappa shape index (κ3) is 5.49. The van der Waals surface area contributed by atoms with Crippen LogP contribution < -0.4 is 0 Å². The topological polar surface area (TPSA) is 91.4 Å². The van der Waals surface area contributed by atoms with Gasteiger partial charge in [-0.2, -0.15) is 0 Å². The van der Waals surface area contributed by atoms with Crippen molar-refractivity contribution in [2.24, 2.45) is 17.8 Å². The first-order valence-electron chi connectivity index (χ1n) is 7.93. The van der Waals surface area contributed by atoms with E-state index in [2.05, 4.69) is 6.58 Å². The Kier molecular flexibility index (Phi) is 6.54. The summed E-state index contributed by atoms with van der Waals surface area (Å²) in [7, 11) is 0. The predicted octanol–water partition coefficient (Wildman–Crippen LogP) is 1.03. The van der Waals surface area contributed by atoms with E-state index in [-0.39, 0.29) is 31.8 Å². The Bertz CT molecular complexity index is 521. The maximum absolute atomic E-state index is 12.3. The minimum absolute atomic E-state index is 0.0228. The zero-order chi connectivity index (χ0) is 17.5. The van der Waals surface area contributed by atoms with Crippen molar-refractivity contribution >= 4 is 17.9 Å². The number of hydrogen-bond acceptors (Lipinski definition) is 7. The fourth-order valence-corrected chi connectivity index (χ4v) is 2.44. The van der Waals surface area contributed by atoms with Crippen LogP contribution in [0.5, 0.6) is 0 Å². The lowest BCUT2D eigenvalue weighted by Gasteiger charge is -2.27. The van der Waals surface area contributed by atoms with Gasteiger partial charge in [-0.05, 0) is 12.3 Å². The van der Waals surface area contributed by atoms with Gasteiger partial charge < -0.3 is 18.9 Å². The Balaban J connectivity index is 1.84. The molecule has 0 aromatic heterocycles. The highest BCUT2D eigenvalue weighted by molar-refractivity contribution is 5.84. The fraction of sp³-hybridized carbons (Fsp3) is 0.588. The Morgan fingerprint density at radius 3 is 2.54 bits per heavy atom. The number of esters is 3. The molecule has 1 saturated heterocycles. The molecule has 0 aromatic carbocycles. The minimum atomic E-state index is -0.664. The van der Waals surface area contributed by atoms with Crippen LogP contribution in [0.4, 0.5) is 0 Å². The second kappa shape index (κ2) is 8.63. The van der Waals surface area contributed by atoms with Crippen LogP contribution in [0.25, 0.3) is 0 Å². The van der Waals surface area contributed by atoms with Crippen LogP contribution in [-0.2, 0) is 33.3 Å². The maximum atomic E-state index is 12.3. The van der Waals surface area contributed by atoms with Crippen molar-refractivity contribution in [1.82, 2.24) is 0 Å². The van der Waals surface area contributed by atoms with Crippen molar-refractivity contribution in [3.8, 4) is 0 Å². The molecule has 0 spiro atoms. The Morgan fingerprint density at radius 1 is 1.17 bits per heavy atom. The fourth-order valence-electron chi connectivity index (χ4n) is 2.44. The molecule has 2 aliphatic rings. The van der Waals surface area contributed by atoms with Gasteiger partial charge in [0.05, 0.1) is 18.4 Å². The van der Waals surface area contributed by atoms with Crippen molar-refractivity contribution in [3.63, 3.8) is 0 Å². The van der Waals surface area contributed by atoms with E-state index < -0.39 is 29.7 Å². The second-order valence-electron chi connectivity index (χ2n) is 5.85. The van der Waals surface area contributed by atoms with Crippen molar-refractivity contribution < 1.29 is 33.3 Å². The molecule has 0 N–H and O–H groups in total. The normalized spacial score (nSPS) is 27.9. The Labute approximate surface area is 140 Å². The van der Waals surface area contributed by atoms with Crippen molar-refractivity contribution in [3.05, 3.63) is 24.8 Å². The van der Waals surface area contributed by atoms with Crippen molar-refractivity contribution in [2.45, 2.75) is 19.4 Å². The summed E-state index contributed by atoms with van der Waals surface area (Å²) in [6.45, 7) is 5.92. The van der Waals surface area contributed by atoms with Gasteiger partial charge in [-0.15, -0.1) is 0 Å². The molecule has 0 bridgehead atoms. The van der Waals surface area contributed by atoms with E-state index in [9.17, 15) is 14.4 Å². The highest BCUT2D eigenvalue weighted by Crippen LogP contribution is 2.30. The van der Waals surface area contributed by atoms with Gasteiger partial charge in [0.25, 0.3) is 0 Å². The van der Waals surface area contributed by atoms with Crippen LogP contribution >= 0.6 is 0 Å².